The molecule has 0 heterocycles. The van der Waals surface area contributed by atoms with Gasteiger partial charge in [0.1, 0.15) is 5.75 Å². The second-order valence-electron chi connectivity index (χ2n) is 3.71. The fraction of sp³-hybridized carbons (Fsp3) is 0.538. The highest BCUT2D eigenvalue weighted by Crippen LogP contribution is 2.21. The van der Waals surface area contributed by atoms with Crippen LogP contribution in [0.5, 0.6) is 5.75 Å². The van der Waals surface area contributed by atoms with Crippen molar-refractivity contribution in [2.24, 2.45) is 0 Å². The van der Waals surface area contributed by atoms with E-state index in [9.17, 15) is 0 Å². The first kappa shape index (κ1) is 13.4. The molecular formula is C13H20O2S. The lowest BCUT2D eigenvalue weighted by atomic mass is 10.2. The summed E-state index contributed by atoms with van der Waals surface area (Å²) in [6.07, 6.45) is 0.863. The van der Waals surface area contributed by atoms with Crippen molar-refractivity contribution in [3.8, 4) is 5.75 Å². The maximum absolute atomic E-state index is 8.80. The van der Waals surface area contributed by atoms with Crippen molar-refractivity contribution in [2.45, 2.75) is 31.3 Å². The minimum absolute atomic E-state index is 0.275. The van der Waals surface area contributed by atoms with Crippen LogP contribution in [0.25, 0.3) is 0 Å². The standard InChI is InChI=1S/C13H20O2S/c1-3-15-13-6-4-12(5-7-13)10-16-11(2)8-9-14/h4-7,11,14H,3,8-10H2,1-2H3. The molecule has 0 saturated carbocycles. The third kappa shape index (κ3) is 4.90. The fourth-order valence-electron chi connectivity index (χ4n) is 1.35. The average molecular weight is 240 g/mol. The predicted molar refractivity (Wildman–Crippen MR) is 70.1 cm³/mol. The molecule has 1 aromatic carbocycles. The molecule has 1 N–H and O–H groups in total. The first-order chi connectivity index (χ1) is 7.76. The lowest BCUT2D eigenvalue weighted by molar-refractivity contribution is 0.289. The lowest BCUT2D eigenvalue weighted by Gasteiger charge is -2.09. The number of benzene rings is 1. The molecule has 0 spiro atoms. The molecule has 0 amide bonds. The molecule has 0 saturated heterocycles. The zero-order chi connectivity index (χ0) is 11.8. The summed E-state index contributed by atoms with van der Waals surface area (Å²) < 4.78 is 5.39. The van der Waals surface area contributed by atoms with Crippen molar-refractivity contribution >= 4 is 11.8 Å². The molecule has 1 unspecified atom stereocenters. The maximum Gasteiger partial charge on any atom is 0.119 e. The second-order valence-corrected chi connectivity index (χ2v) is 5.14. The molecular weight excluding hydrogens is 220 g/mol. The third-order valence-electron chi connectivity index (χ3n) is 2.30. The Morgan fingerprint density at radius 3 is 2.56 bits per heavy atom. The molecule has 3 heteroatoms. The van der Waals surface area contributed by atoms with Crippen LogP contribution in [-0.4, -0.2) is 23.6 Å². The molecule has 1 rings (SSSR count). The van der Waals surface area contributed by atoms with E-state index >= 15 is 0 Å². The highest BCUT2D eigenvalue weighted by atomic mass is 32.2. The van der Waals surface area contributed by atoms with Gasteiger partial charge in [-0.1, -0.05) is 19.1 Å². The number of aliphatic hydroxyl groups is 1. The molecule has 0 fully saturated rings. The van der Waals surface area contributed by atoms with Crippen LogP contribution in [0.4, 0.5) is 0 Å². The van der Waals surface area contributed by atoms with Crippen LogP contribution in [0.3, 0.4) is 0 Å². The number of thioether (sulfide) groups is 1. The van der Waals surface area contributed by atoms with Crippen molar-refractivity contribution < 1.29 is 9.84 Å². The van der Waals surface area contributed by atoms with Crippen molar-refractivity contribution in [1.82, 2.24) is 0 Å². The fourth-order valence-corrected chi connectivity index (χ4v) is 2.29. The minimum Gasteiger partial charge on any atom is -0.494 e. The van der Waals surface area contributed by atoms with E-state index in [0.717, 1.165) is 17.9 Å². The maximum atomic E-state index is 8.80. The minimum atomic E-state index is 0.275. The van der Waals surface area contributed by atoms with Crippen LogP contribution in [-0.2, 0) is 5.75 Å². The van der Waals surface area contributed by atoms with Crippen LogP contribution >= 0.6 is 11.8 Å². The summed E-state index contributed by atoms with van der Waals surface area (Å²) in [4.78, 5) is 0. The van der Waals surface area contributed by atoms with Gasteiger partial charge in [-0.2, -0.15) is 11.8 Å². The number of hydrogen-bond acceptors (Lipinski definition) is 3. The number of ether oxygens (including phenoxy) is 1. The van der Waals surface area contributed by atoms with Gasteiger partial charge < -0.3 is 9.84 Å². The summed E-state index contributed by atoms with van der Waals surface area (Å²) >= 11 is 1.87. The molecule has 1 aromatic rings. The van der Waals surface area contributed by atoms with Gasteiger partial charge in [0, 0.05) is 17.6 Å². The van der Waals surface area contributed by atoms with E-state index < -0.39 is 0 Å². The molecule has 0 aliphatic rings. The largest absolute Gasteiger partial charge is 0.494 e. The first-order valence-corrected chi connectivity index (χ1v) is 6.75. The molecule has 0 aliphatic carbocycles. The predicted octanol–water partition coefficient (Wildman–Crippen LogP) is 3.09. The van der Waals surface area contributed by atoms with E-state index in [1.807, 2.05) is 30.8 Å². The average Bonchev–Trinajstić information content (AvgIpc) is 2.29. The van der Waals surface area contributed by atoms with E-state index in [1.54, 1.807) is 0 Å². The van der Waals surface area contributed by atoms with Crippen LogP contribution < -0.4 is 4.74 Å². The van der Waals surface area contributed by atoms with Gasteiger partial charge in [-0.05, 0) is 31.0 Å². The highest BCUT2D eigenvalue weighted by molar-refractivity contribution is 7.99. The lowest BCUT2D eigenvalue weighted by Crippen LogP contribution is -1.99. The molecule has 0 bridgehead atoms. The van der Waals surface area contributed by atoms with Gasteiger partial charge in [0.15, 0.2) is 0 Å². The van der Waals surface area contributed by atoms with Gasteiger partial charge in [0.25, 0.3) is 0 Å². The SMILES string of the molecule is CCOc1ccc(CSC(C)CCO)cc1. The van der Waals surface area contributed by atoms with Crippen molar-refractivity contribution in [2.75, 3.05) is 13.2 Å². The third-order valence-corrected chi connectivity index (χ3v) is 3.61. The summed E-state index contributed by atoms with van der Waals surface area (Å²) in [7, 11) is 0. The molecule has 0 aromatic heterocycles. The van der Waals surface area contributed by atoms with E-state index in [-0.39, 0.29) is 6.61 Å². The zero-order valence-electron chi connectivity index (χ0n) is 9.98. The highest BCUT2D eigenvalue weighted by Gasteiger charge is 2.02. The van der Waals surface area contributed by atoms with E-state index in [2.05, 4.69) is 19.1 Å². The summed E-state index contributed by atoms with van der Waals surface area (Å²) in [5.41, 5.74) is 1.30. The summed E-state index contributed by atoms with van der Waals surface area (Å²) in [5, 5.41) is 9.31. The van der Waals surface area contributed by atoms with Gasteiger partial charge in [-0.3, -0.25) is 0 Å². The Hall–Kier alpha value is -0.670. The normalized spacial score (nSPS) is 12.4. The number of aliphatic hydroxyl groups excluding tert-OH is 1. The van der Waals surface area contributed by atoms with Gasteiger partial charge >= 0.3 is 0 Å². The van der Waals surface area contributed by atoms with Crippen LogP contribution in [0.1, 0.15) is 25.8 Å². The van der Waals surface area contributed by atoms with E-state index in [0.29, 0.717) is 11.9 Å². The summed E-state index contributed by atoms with van der Waals surface area (Å²) in [6.45, 7) is 5.12. The monoisotopic (exact) mass is 240 g/mol. The Kier molecular flexibility index (Phi) is 6.34. The van der Waals surface area contributed by atoms with Crippen LogP contribution in [0.2, 0.25) is 0 Å². The summed E-state index contributed by atoms with van der Waals surface area (Å²) in [6, 6.07) is 8.22. The molecule has 0 radical (unpaired) electrons. The molecule has 16 heavy (non-hydrogen) atoms. The van der Waals surface area contributed by atoms with Crippen molar-refractivity contribution in [1.29, 1.82) is 0 Å². The molecule has 90 valence electrons. The van der Waals surface area contributed by atoms with E-state index in [4.69, 9.17) is 9.84 Å². The first-order valence-electron chi connectivity index (χ1n) is 5.70. The van der Waals surface area contributed by atoms with E-state index in [1.165, 1.54) is 5.56 Å². The molecule has 1 atom stereocenters. The topological polar surface area (TPSA) is 29.5 Å². The summed E-state index contributed by atoms with van der Waals surface area (Å²) in [5.74, 6) is 1.92. The van der Waals surface area contributed by atoms with Crippen LogP contribution in [0.15, 0.2) is 24.3 Å². The smallest absolute Gasteiger partial charge is 0.119 e. The zero-order valence-corrected chi connectivity index (χ0v) is 10.8. The van der Waals surface area contributed by atoms with Gasteiger partial charge in [0.05, 0.1) is 6.61 Å². The Bertz CT molecular complexity index is 284. The van der Waals surface area contributed by atoms with Gasteiger partial charge in [0.2, 0.25) is 0 Å². The quantitative estimate of drug-likeness (QED) is 0.794. The van der Waals surface area contributed by atoms with Gasteiger partial charge in [-0.15, -0.1) is 0 Å². The Labute approximate surface area is 102 Å². The van der Waals surface area contributed by atoms with Gasteiger partial charge in [-0.25, -0.2) is 0 Å². The van der Waals surface area contributed by atoms with Crippen molar-refractivity contribution in [3.05, 3.63) is 29.8 Å². The Balaban J connectivity index is 2.37. The number of rotatable bonds is 7. The molecule has 0 aliphatic heterocycles. The Morgan fingerprint density at radius 1 is 1.31 bits per heavy atom. The Morgan fingerprint density at radius 2 is 2.00 bits per heavy atom. The van der Waals surface area contributed by atoms with Crippen molar-refractivity contribution in [3.63, 3.8) is 0 Å². The van der Waals surface area contributed by atoms with Crippen LogP contribution in [0, 0.1) is 0 Å². The molecule has 2 nitrogen and oxygen atoms in total. The second kappa shape index (κ2) is 7.58. The number of hydrogen-bond donors (Lipinski definition) is 1.